The summed E-state index contributed by atoms with van der Waals surface area (Å²) >= 11 is 0. The molecule has 0 saturated carbocycles. The lowest BCUT2D eigenvalue weighted by Gasteiger charge is -2.04. The molecule has 0 atom stereocenters. The second-order valence-corrected chi connectivity index (χ2v) is 4.14. The van der Waals surface area contributed by atoms with Gasteiger partial charge in [-0.1, -0.05) is 0 Å². The standard InChI is InChI=1S/C6H15N3O3S/c1-6(10)8-4-3-5-9-13(11,12)7-2/h7,9H,3-5H2,1-2H3,(H,8,10). The summed E-state index contributed by atoms with van der Waals surface area (Å²) in [5.74, 6) is -0.114. The predicted molar refractivity (Wildman–Crippen MR) is 49.3 cm³/mol. The number of nitrogens with one attached hydrogen (secondary N) is 3. The summed E-state index contributed by atoms with van der Waals surface area (Å²) in [5.41, 5.74) is 0. The maximum absolute atomic E-state index is 10.8. The first-order chi connectivity index (χ1) is 5.98. The van der Waals surface area contributed by atoms with Gasteiger partial charge in [0.05, 0.1) is 0 Å². The van der Waals surface area contributed by atoms with Crippen molar-refractivity contribution in [2.24, 2.45) is 0 Å². The van der Waals surface area contributed by atoms with Crippen molar-refractivity contribution < 1.29 is 13.2 Å². The zero-order chi connectivity index (χ0) is 10.3. The molecule has 0 aliphatic carbocycles. The SMILES string of the molecule is CNS(=O)(=O)NCCCNC(C)=O. The third-order valence-corrected chi connectivity index (χ3v) is 2.41. The summed E-state index contributed by atoms with van der Waals surface area (Å²) < 4.78 is 26.0. The molecule has 0 aromatic heterocycles. The normalized spacial score (nSPS) is 11.2. The Morgan fingerprint density at radius 2 is 1.92 bits per heavy atom. The summed E-state index contributed by atoms with van der Waals surface area (Å²) in [7, 11) is -2.00. The fourth-order valence-electron chi connectivity index (χ4n) is 0.632. The predicted octanol–water partition coefficient (Wildman–Crippen LogP) is -1.43. The van der Waals surface area contributed by atoms with Crippen LogP contribution in [0.3, 0.4) is 0 Å². The topological polar surface area (TPSA) is 87.3 Å². The Morgan fingerprint density at radius 1 is 1.31 bits per heavy atom. The van der Waals surface area contributed by atoms with Crippen LogP contribution >= 0.6 is 0 Å². The number of amides is 1. The molecule has 0 spiro atoms. The molecule has 6 nitrogen and oxygen atoms in total. The van der Waals surface area contributed by atoms with Gasteiger partial charge in [0.25, 0.3) is 10.2 Å². The molecular formula is C6H15N3O3S. The first-order valence-electron chi connectivity index (χ1n) is 3.90. The molecule has 78 valence electrons. The summed E-state index contributed by atoms with van der Waals surface area (Å²) in [5, 5.41) is 2.56. The highest BCUT2D eigenvalue weighted by Crippen LogP contribution is 1.77. The van der Waals surface area contributed by atoms with Crippen LogP contribution in [0.2, 0.25) is 0 Å². The van der Waals surface area contributed by atoms with E-state index in [-0.39, 0.29) is 5.91 Å². The number of carbonyl (C=O) groups excluding carboxylic acids is 1. The first kappa shape index (κ1) is 12.3. The van der Waals surface area contributed by atoms with Crippen molar-refractivity contribution in [3.63, 3.8) is 0 Å². The highest BCUT2D eigenvalue weighted by molar-refractivity contribution is 7.87. The average Bonchev–Trinajstić information content (AvgIpc) is 2.03. The van der Waals surface area contributed by atoms with Crippen molar-refractivity contribution in [2.75, 3.05) is 20.1 Å². The van der Waals surface area contributed by atoms with E-state index in [4.69, 9.17) is 0 Å². The number of hydrogen-bond donors (Lipinski definition) is 3. The summed E-state index contributed by atoms with van der Waals surface area (Å²) in [4.78, 5) is 10.4. The van der Waals surface area contributed by atoms with E-state index in [1.165, 1.54) is 14.0 Å². The van der Waals surface area contributed by atoms with Gasteiger partial charge in [0.1, 0.15) is 0 Å². The third-order valence-electron chi connectivity index (χ3n) is 1.29. The maximum atomic E-state index is 10.8. The number of rotatable bonds is 6. The molecule has 0 saturated heterocycles. The van der Waals surface area contributed by atoms with Gasteiger partial charge in [-0.3, -0.25) is 4.79 Å². The van der Waals surface area contributed by atoms with Gasteiger partial charge in [0.15, 0.2) is 0 Å². The fraction of sp³-hybridized carbons (Fsp3) is 0.833. The molecule has 7 heteroatoms. The Labute approximate surface area is 78.3 Å². The molecule has 0 fully saturated rings. The smallest absolute Gasteiger partial charge is 0.276 e. The Kier molecular flexibility index (Phi) is 5.60. The Balaban J connectivity index is 3.42. The fourth-order valence-corrected chi connectivity index (χ4v) is 1.19. The second kappa shape index (κ2) is 5.90. The molecule has 0 radical (unpaired) electrons. The van der Waals surface area contributed by atoms with Crippen molar-refractivity contribution in [1.29, 1.82) is 0 Å². The number of hydrogen-bond acceptors (Lipinski definition) is 3. The zero-order valence-corrected chi connectivity index (χ0v) is 8.57. The second-order valence-electron chi connectivity index (χ2n) is 2.44. The van der Waals surface area contributed by atoms with Gasteiger partial charge in [-0.25, -0.2) is 9.44 Å². The van der Waals surface area contributed by atoms with Gasteiger partial charge in [0.2, 0.25) is 5.91 Å². The van der Waals surface area contributed by atoms with E-state index in [1.807, 2.05) is 0 Å². The number of carbonyl (C=O) groups is 1. The van der Waals surface area contributed by atoms with Crippen LogP contribution in [0.1, 0.15) is 13.3 Å². The van der Waals surface area contributed by atoms with E-state index < -0.39 is 10.2 Å². The van der Waals surface area contributed by atoms with E-state index in [1.54, 1.807) is 0 Å². The molecule has 3 N–H and O–H groups in total. The lowest BCUT2D eigenvalue weighted by molar-refractivity contribution is -0.118. The Bertz CT molecular complexity index is 250. The van der Waals surface area contributed by atoms with Gasteiger partial charge in [-0.2, -0.15) is 8.42 Å². The maximum Gasteiger partial charge on any atom is 0.276 e. The molecule has 0 aliphatic heterocycles. The van der Waals surface area contributed by atoms with Crippen molar-refractivity contribution in [3.05, 3.63) is 0 Å². The van der Waals surface area contributed by atoms with Crippen LogP contribution in [-0.2, 0) is 15.0 Å². The molecular weight excluding hydrogens is 194 g/mol. The van der Waals surface area contributed by atoms with Crippen LogP contribution in [0.4, 0.5) is 0 Å². The third kappa shape index (κ3) is 7.69. The molecule has 0 aliphatic rings. The van der Waals surface area contributed by atoms with Gasteiger partial charge in [-0.05, 0) is 6.42 Å². The summed E-state index contributed by atoms with van der Waals surface area (Å²) in [6.07, 6.45) is 0.570. The quantitative estimate of drug-likeness (QED) is 0.468. The molecule has 0 unspecified atom stereocenters. The minimum Gasteiger partial charge on any atom is -0.356 e. The minimum atomic E-state index is -3.33. The monoisotopic (exact) mass is 209 g/mol. The molecule has 1 amide bonds. The van der Waals surface area contributed by atoms with Gasteiger partial charge < -0.3 is 5.32 Å². The molecule has 13 heavy (non-hydrogen) atoms. The molecule has 0 aromatic rings. The van der Waals surface area contributed by atoms with Crippen LogP contribution < -0.4 is 14.8 Å². The summed E-state index contributed by atoms with van der Waals surface area (Å²) in [6.45, 7) is 2.20. The van der Waals surface area contributed by atoms with Crippen molar-refractivity contribution in [1.82, 2.24) is 14.8 Å². The van der Waals surface area contributed by atoms with Gasteiger partial charge in [0, 0.05) is 27.1 Å². The highest BCUT2D eigenvalue weighted by atomic mass is 32.2. The van der Waals surface area contributed by atoms with E-state index >= 15 is 0 Å². The van der Waals surface area contributed by atoms with Crippen LogP contribution in [0, 0.1) is 0 Å². The average molecular weight is 209 g/mol. The van der Waals surface area contributed by atoms with E-state index in [2.05, 4.69) is 14.8 Å². The van der Waals surface area contributed by atoms with Crippen LogP contribution in [0.25, 0.3) is 0 Å². The Hall–Kier alpha value is -0.660. The van der Waals surface area contributed by atoms with Crippen LogP contribution in [0.15, 0.2) is 0 Å². The van der Waals surface area contributed by atoms with Crippen LogP contribution in [-0.4, -0.2) is 34.5 Å². The summed E-state index contributed by atoms with van der Waals surface area (Å²) in [6, 6.07) is 0. The molecule has 0 heterocycles. The van der Waals surface area contributed by atoms with Crippen molar-refractivity contribution in [2.45, 2.75) is 13.3 Å². The lowest BCUT2D eigenvalue weighted by atomic mass is 10.4. The van der Waals surface area contributed by atoms with Crippen molar-refractivity contribution in [3.8, 4) is 0 Å². The van der Waals surface area contributed by atoms with Crippen LogP contribution in [0.5, 0.6) is 0 Å². The minimum absolute atomic E-state index is 0.114. The first-order valence-corrected chi connectivity index (χ1v) is 5.39. The Morgan fingerprint density at radius 3 is 2.38 bits per heavy atom. The highest BCUT2D eigenvalue weighted by Gasteiger charge is 2.03. The molecule has 0 aromatic carbocycles. The van der Waals surface area contributed by atoms with Gasteiger partial charge in [-0.15, -0.1) is 0 Å². The van der Waals surface area contributed by atoms with Crippen molar-refractivity contribution >= 4 is 16.1 Å². The van der Waals surface area contributed by atoms with E-state index in [0.29, 0.717) is 19.5 Å². The van der Waals surface area contributed by atoms with E-state index in [9.17, 15) is 13.2 Å². The van der Waals surface area contributed by atoms with Gasteiger partial charge >= 0.3 is 0 Å². The zero-order valence-electron chi connectivity index (χ0n) is 7.75. The molecule has 0 rings (SSSR count). The molecule has 0 bridgehead atoms. The lowest BCUT2D eigenvalue weighted by Crippen LogP contribution is -2.35. The van der Waals surface area contributed by atoms with E-state index in [0.717, 1.165) is 0 Å². The largest absolute Gasteiger partial charge is 0.356 e.